The van der Waals surface area contributed by atoms with Crippen molar-refractivity contribution in [2.24, 2.45) is 5.92 Å². The molecule has 1 heterocycles. The zero-order valence-electron chi connectivity index (χ0n) is 11.5. The maximum atomic E-state index is 11.1. The molecule has 104 valence electrons. The summed E-state index contributed by atoms with van der Waals surface area (Å²) in [5, 5.41) is 9.41. The van der Waals surface area contributed by atoms with Crippen LogP contribution in [-0.2, 0) is 6.54 Å². The molecule has 0 aliphatic heterocycles. The number of aromatic nitrogens is 1. The lowest BCUT2D eigenvalue weighted by atomic mass is 10.0. The molecule has 5 heteroatoms. The molecule has 0 radical (unpaired) electrons. The number of benzene rings is 1. The fourth-order valence-electron chi connectivity index (χ4n) is 2.35. The molecule has 0 fully saturated rings. The van der Waals surface area contributed by atoms with Crippen LogP contribution in [-0.4, -0.2) is 34.7 Å². The van der Waals surface area contributed by atoms with Gasteiger partial charge in [0.15, 0.2) is 5.58 Å². The summed E-state index contributed by atoms with van der Waals surface area (Å²) >= 11 is 0. The Bertz CT molecular complexity index is 600. The van der Waals surface area contributed by atoms with Crippen molar-refractivity contribution < 1.29 is 9.52 Å². The molecule has 0 saturated carbocycles. The average Bonchev–Trinajstić information content (AvgIpc) is 2.68. The van der Waals surface area contributed by atoms with Gasteiger partial charge < -0.3 is 9.52 Å². The lowest BCUT2D eigenvalue weighted by molar-refractivity contribution is 0.108. The van der Waals surface area contributed by atoms with Crippen LogP contribution >= 0.6 is 0 Å². The Morgan fingerprint density at radius 3 is 2.79 bits per heavy atom. The van der Waals surface area contributed by atoms with Crippen LogP contribution in [0.3, 0.4) is 0 Å². The molecule has 0 bridgehead atoms. The number of likely N-dealkylation sites (N-methyl/N-ethyl adjacent to an activating group) is 1. The third kappa shape index (κ3) is 3.05. The molecule has 2 rings (SSSR count). The summed E-state index contributed by atoms with van der Waals surface area (Å²) in [7, 11) is 1.98. The molecular formula is C14H20N2O3. The van der Waals surface area contributed by atoms with E-state index in [2.05, 4.69) is 23.7 Å². The van der Waals surface area contributed by atoms with E-state index in [4.69, 9.17) is 4.42 Å². The number of aliphatic hydroxyl groups excluding tert-OH is 1. The van der Waals surface area contributed by atoms with Crippen molar-refractivity contribution in [2.75, 3.05) is 13.7 Å². The second-order valence-corrected chi connectivity index (χ2v) is 5.25. The highest BCUT2D eigenvalue weighted by Gasteiger charge is 2.17. The van der Waals surface area contributed by atoms with E-state index in [-0.39, 0.29) is 12.6 Å². The number of nitrogens with one attached hydrogen (secondary N) is 1. The number of fused-ring (bicyclic) bond motifs is 1. The lowest BCUT2D eigenvalue weighted by Crippen LogP contribution is -2.38. The van der Waals surface area contributed by atoms with E-state index in [9.17, 15) is 9.90 Å². The normalized spacial score (nSPS) is 13.6. The van der Waals surface area contributed by atoms with Gasteiger partial charge in [-0.3, -0.25) is 9.88 Å². The zero-order valence-corrected chi connectivity index (χ0v) is 11.5. The van der Waals surface area contributed by atoms with E-state index in [0.29, 0.717) is 23.6 Å². The number of oxazole rings is 1. The fraction of sp³-hybridized carbons (Fsp3) is 0.500. The first-order valence-electron chi connectivity index (χ1n) is 6.44. The van der Waals surface area contributed by atoms with Crippen LogP contribution in [0.2, 0.25) is 0 Å². The average molecular weight is 264 g/mol. The molecule has 0 saturated heterocycles. The Hall–Kier alpha value is -1.59. The molecule has 5 nitrogen and oxygen atoms in total. The first-order chi connectivity index (χ1) is 9.01. The van der Waals surface area contributed by atoms with E-state index in [1.54, 1.807) is 0 Å². The monoisotopic (exact) mass is 264 g/mol. The van der Waals surface area contributed by atoms with Crippen molar-refractivity contribution in [2.45, 2.75) is 26.4 Å². The van der Waals surface area contributed by atoms with Crippen LogP contribution in [0.15, 0.2) is 27.4 Å². The summed E-state index contributed by atoms with van der Waals surface area (Å²) in [6, 6.07) is 5.78. The fourth-order valence-corrected chi connectivity index (χ4v) is 2.35. The van der Waals surface area contributed by atoms with Crippen molar-refractivity contribution in [1.82, 2.24) is 9.88 Å². The Balaban J connectivity index is 2.18. The highest BCUT2D eigenvalue weighted by Crippen LogP contribution is 2.16. The quantitative estimate of drug-likeness (QED) is 0.860. The van der Waals surface area contributed by atoms with Crippen molar-refractivity contribution in [3.05, 3.63) is 34.3 Å². The number of hydrogen-bond acceptors (Lipinski definition) is 4. The maximum Gasteiger partial charge on any atom is 0.417 e. The molecule has 1 atom stereocenters. The van der Waals surface area contributed by atoms with Crippen LogP contribution in [0.4, 0.5) is 0 Å². The molecule has 2 aromatic rings. The van der Waals surface area contributed by atoms with Gasteiger partial charge in [0.1, 0.15) is 0 Å². The predicted molar refractivity (Wildman–Crippen MR) is 74.0 cm³/mol. The Morgan fingerprint density at radius 1 is 1.42 bits per heavy atom. The van der Waals surface area contributed by atoms with E-state index in [1.165, 1.54) is 0 Å². The highest BCUT2D eigenvalue weighted by molar-refractivity contribution is 5.72. The molecule has 0 aliphatic rings. The summed E-state index contributed by atoms with van der Waals surface area (Å²) in [5.41, 5.74) is 2.33. The van der Waals surface area contributed by atoms with Crippen molar-refractivity contribution in [3.8, 4) is 0 Å². The van der Waals surface area contributed by atoms with Crippen LogP contribution in [0.1, 0.15) is 19.4 Å². The standard InChI is InChI=1S/C14H20N2O3/c1-9(2)12(8-17)16(3)7-10-4-5-11-13(6-10)19-14(18)15-11/h4-6,9,12,17H,7-8H2,1-3H3,(H,15,18). The number of hydrogen-bond donors (Lipinski definition) is 2. The third-order valence-corrected chi connectivity index (χ3v) is 3.44. The van der Waals surface area contributed by atoms with Crippen molar-refractivity contribution in [3.63, 3.8) is 0 Å². The van der Waals surface area contributed by atoms with Crippen molar-refractivity contribution in [1.29, 1.82) is 0 Å². The van der Waals surface area contributed by atoms with Gasteiger partial charge in [0.05, 0.1) is 12.1 Å². The predicted octanol–water partition coefficient (Wildman–Crippen LogP) is 1.57. The van der Waals surface area contributed by atoms with Gasteiger partial charge >= 0.3 is 5.76 Å². The summed E-state index contributed by atoms with van der Waals surface area (Å²) in [6.45, 7) is 5.02. The van der Waals surface area contributed by atoms with Gasteiger partial charge in [-0.1, -0.05) is 19.9 Å². The minimum atomic E-state index is -0.434. The van der Waals surface area contributed by atoms with Gasteiger partial charge in [0, 0.05) is 12.6 Å². The Morgan fingerprint density at radius 2 is 2.16 bits per heavy atom. The molecule has 1 aromatic heterocycles. The van der Waals surface area contributed by atoms with Gasteiger partial charge in [-0.15, -0.1) is 0 Å². The van der Waals surface area contributed by atoms with E-state index in [1.807, 2.05) is 25.2 Å². The Kier molecular flexibility index (Phi) is 4.07. The Labute approximate surface area is 111 Å². The number of rotatable bonds is 5. The number of H-pyrrole nitrogens is 1. The molecule has 1 unspecified atom stereocenters. The van der Waals surface area contributed by atoms with Gasteiger partial charge in [-0.2, -0.15) is 0 Å². The molecule has 0 spiro atoms. The maximum absolute atomic E-state index is 11.1. The molecule has 0 amide bonds. The van der Waals surface area contributed by atoms with E-state index < -0.39 is 5.76 Å². The van der Waals surface area contributed by atoms with Gasteiger partial charge in [0.25, 0.3) is 0 Å². The van der Waals surface area contributed by atoms with Gasteiger partial charge in [-0.05, 0) is 30.7 Å². The first-order valence-corrected chi connectivity index (χ1v) is 6.44. The zero-order chi connectivity index (χ0) is 14.0. The third-order valence-electron chi connectivity index (χ3n) is 3.44. The van der Waals surface area contributed by atoms with Crippen molar-refractivity contribution >= 4 is 11.1 Å². The SMILES string of the molecule is CC(C)C(CO)N(C)Cc1ccc2[nH]c(=O)oc2c1. The topological polar surface area (TPSA) is 69.5 Å². The van der Waals surface area contributed by atoms with Crippen LogP contribution in [0.5, 0.6) is 0 Å². The molecule has 2 N–H and O–H groups in total. The van der Waals surface area contributed by atoms with E-state index >= 15 is 0 Å². The molecular weight excluding hydrogens is 244 g/mol. The largest absolute Gasteiger partial charge is 0.417 e. The highest BCUT2D eigenvalue weighted by atomic mass is 16.4. The van der Waals surface area contributed by atoms with Crippen LogP contribution < -0.4 is 5.76 Å². The summed E-state index contributed by atoms with van der Waals surface area (Å²) in [5.74, 6) is -0.0557. The van der Waals surface area contributed by atoms with Gasteiger partial charge in [0.2, 0.25) is 0 Å². The minimum Gasteiger partial charge on any atom is -0.408 e. The number of aromatic amines is 1. The first kappa shape index (κ1) is 13.8. The second-order valence-electron chi connectivity index (χ2n) is 5.25. The lowest BCUT2D eigenvalue weighted by Gasteiger charge is -2.29. The van der Waals surface area contributed by atoms with Crippen LogP contribution in [0.25, 0.3) is 11.1 Å². The number of aliphatic hydroxyl groups is 1. The molecule has 0 aliphatic carbocycles. The molecule has 19 heavy (non-hydrogen) atoms. The molecule has 1 aromatic carbocycles. The van der Waals surface area contributed by atoms with Gasteiger partial charge in [-0.25, -0.2) is 4.79 Å². The second kappa shape index (κ2) is 5.59. The summed E-state index contributed by atoms with van der Waals surface area (Å²) in [6.07, 6.45) is 0. The number of nitrogens with zero attached hydrogens (tertiary/aromatic N) is 1. The smallest absolute Gasteiger partial charge is 0.408 e. The van der Waals surface area contributed by atoms with E-state index in [0.717, 1.165) is 5.56 Å². The van der Waals surface area contributed by atoms with Crippen LogP contribution in [0, 0.1) is 5.92 Å². The minimum absolute atomic E-state index is 0.119. The summed E-state index contributed by atoms with van der Waals surface area (Å²) in [4.78, 5) is 15.8. The summed E-state index contributed by atoms with van der Waals surface area (Å²) < 4.78 is 5.05.